The Hall–Kier alpha value is -3.01. The van der Waals surface area contributed by atoms with Crippen LogP contribution in [0.1, 0.15) is 16.1 Å². The minimum atomic E-state index is -2.97. The van der Waals surface area contributed by atoms with E-state index in [0.29, 0.717) is 38.2 Å². The van der Waals surface area contributed by atoms with Gasteiger partial charge in [-0.2, -0.15) is 8.78 Å². The van der Waals surface area contributed by atoms with Gasteiger partial charge in [0.25, 0.3) is 5.91 Å². The Morgan fingerprint density at radius 3 is 2.43 bits per heavy atom. The second-order valence-corrected chi connectivity index (χ2v) is 7.01. The molecule has 7 nitrogen and oxygen atoms in total. The van der Waals surface area contributed by atoms with Crippen LogP contribution in [-0.2, 0) is 6.54 Å². The number of amides is 1. The molecular formula is C20H19BrF2N2O5. The van der Waals surface area contributed by atoms with Gasteiger partial charge in [0.1, 0.15) is 17.2 Å². The van der Waals surface area contributed by atoms with Crippen LogP contribution in [0.2, 0.25) is 0 Å². The van der Waals surface area contributed by atoms with E-state index >= 15 is 0 Å². The molecule has 1 amide bonds. The summed E-state index contributed by atoms with van der Waals surface area (Å²) >= 11 is 3.28. The summed E-state index contributed by atoms with van der Waals surface area (Å²) in [4.78, 5) is 15.7. The van der Waals surface area contributed by atoms with E-state index in [0.717, 1.165) is 0 Å². The Labute approximate surface area is 179 Å². The van der Waals surface area contributed by atoms with Crippen LogP contribution >= 0.6 is 15.9 Å². The van der Waals surface area contributed by atoms with Crippen molar-refractivity contribution in [3.05, 3.63) is 46.1 Å². The van der Waals surface area contributed by atoms with Crippen LogP contribution < -0.4 is 24.3 Å². The van der Waals surface area contributed by atoms with Gasteiger partial charge in [-0.05, 0) is 24.3 Å². The molecule has 2 aromatic carbocycles. The number of aromatic nitrogens is 1. The van der Waals surface area contributed by atoms with Crippen LogP contribution in [0, 0.1) is 0 Å². The summed E-state index contributed by atoms with van der Waals surface area (Å²) in [5.74, 6) is 0.901. The van der Waals surface area contributed by atoms with Crippen LogP contribution in [0.3, 0.4) is 0 Å². The van der Waals surface area contributed by atoms with Crippen molar-refractivity contribution >= 4 is 32.7 Å². The summed E-state index contributed by atoms with van der Waals surface area (Å²) in [5.41, 5.74) is 1.16. The molecule has 3 rings (SSSR count). The lowest BCUT2D eigenvalue weighted by Gasteiger charge is -2.12. The molecule has 1 aromatic heterocycles. The van der Waals surface area contributed by atoms with E-state index in [2.05, 4.69) is 31.0 Å². The standard InChI is InChI=1S/C20H19BrF2N2O5/c1-27-15-8-16(28-2)18(29-3)17-12(15)7-13(25-17)19(26)24-9-10-6-11(21)4-5-14(10)30-20(22)23/h4-8,20,25H,9H2,1-3H3,(H,24,26). The molecule has 0 atom stereocenters. The Balaban J connectivity index is 1.89. The molecule has 10 heteroatoms. The Bertz CT molecular complexity index is 1070. The topological polar surface area (TPSA) is 81.8 Å². The molecule has 0 bridgehead atoms. The molecule has 0 aliphatic heterocycles. The first-order chi connectivity index (χ1) is 14.4. The van der Waals surface area contributed by atoms with E-state index in [1.807, 2.05) is 0 Å². The predicted octanol–water partition coefficient (Wildman–Crippen LogP) is 4.49. The molecule has 0 radical (unpaired) electrons. The number of alkyl halides is 2. The fourth-order valence-electron chi connectivity index (χ4n) is 3.03. The maximum absolute atomic E-state index is 12.7. The van der Waals surface area contributed by atoms with Crippen LogP contribution in [0.4, 0.5) is 8.78 Å². The van der Waals surface area contributed by atoms with Crippen LogP contribution in [0.15, 0.2) is 34.8 Å². The number of fused-ring (bicyclic) bond motifs is 1. The summed E-state index contributed by atoms with van der Waals surface area (Å²) in [6, 6.07) is 7.85. The van der Waals surface area contributed by atoms with E-state index in [1.165, 1.54) is 27.4 Å². The number of carbonyl (C=O) groups is 1. The number of rotatable bonds is 8. The van der Waals surface area contributed by atoms with Gasteiger partial charge >= 0.3 is 6.61 Å². The van der Waals surface area contributed by atoms with Crippen molar-refractivity contribution in [2.24, 2.45) is 0 Å². The number of benzene rings is 2. The Morgan fingerprint density at radius 1 is 1.07 bits per heavy atom. The maximum atomic E-state index is 12.7. The molecule has 0 unspecified atom stereocenters. The Kier molecular flexibility index (Phi) is 6.66. The molecule has 160 valence electrons. The first-order valence-corrected chi connectivity index (χ1v) is 9.50. The molecule has 2 N–H and O–H groups in total. The highest BCUT2D eigenvalue weighted by Gasteiger charge is 2.20. The molecule has 1 heterocycles. The molecular weight excluding hydrogens is 466 g/mol. The molecule has 0 spiro atoms. The molecule has 0 fully saturated rings. The van der Waals surface area contributed by atoms with Crippen molar-refractivity contribution in [2.45, 2.75) is 13.2 Å². The number of H-pyrrole nitrogens is 1. The molecule has 0 aliphatic rings. The minimum absolute atomic E-state index is 0.0155. The second-order valence-electron chi connectivity index (χ2n) is 6.10. The average molecular weight is 485 g/mol. The molecule has 0 saturated heterocycles. The number of nitrogens with one attached hydrogen (secondary N) is 2. The van der Waals surface area contributed by atoms with E-state index < -0.39 is 12.5 Å². The van der Waals surface area contributed by atoms with Crippen molar-refractivity contribution in [1.82, 2.24) is 10.3 Å². The van der Waals surface area contributed by atoms with Crippen LogP contribution in [0.25, 0.3) is 10.9 Å². The number of aromatic amines is 1. The molecule has 0 saturated carbocycles. The van der Waals surface area contributed by atoms with Crippen LogP contribution in [0.5, 0.6) is 23.0 Å². The van der Waals surface area contributed by atoms with Gasteiger partial charge in [0.05, 0.1) is 26.8 Å². The normalized spacial score (nSPS) is 10.9. The summed E-state index contributed by atoms with van der Waals surface area (Å²) in [6.07, 6.45) is 0. The third-order valence-corrected chi connectivity index (χ3v) is 4.86. The van der Waals surface area contributed by atoms with Crippen molar-refractivity contribution in [3.8, 4) is 23.0 Å². The van der Waals surface area contributed by atoms with Gasteiger partial charge in [0, 0.05) is 28.0 Å². The van der Waals surface area contributed by atoms with Gasteiger partial charge < -0.3 is 29.2 Å². The summed E-state index contributed by atoms with van der Waals surface area (Å²) in [6.45, 7) is -2.99. The summed E-state index contributed by atoms with van der Waals surface area (Å²) in [5, 5.41) is 3.32. The molecule has 30 heavy (non-hydrogen) atoms. The lowest BCUT2D eigenvalue weighted by atomic mass is 10.2. The first kappa shape index (κ1) is 21.7. The van der Waals surface area contributed by atoms with Crippen molar-refractivity contribution in [2.75, 3.05) is 21.3 Å². The highest BCUT2D eigenvalue weighted by atomic mass is 79.9. The smallest absolute Gasteiger partial charge is 0.387 e. The van der Waals surface area contributed by atoms with Crippen molar-refractivity contribution in [3.63, 3.8) is 0 Å². The monoisotopic (exact) mass is 484 g/mol. The highest BCUT2D eigenvalue weighted by molar-refractivity contribution is 9.10. The van der Waals surface area contributed by atoms with Gasteiger partial charge in [0.2, 0.25) is 0 Å². The van der Waals surface area contributed by atoms with Crippen molar-refractivity contribution < 1.29 is 32.5 Å². The minimum Gasteiger partial charge on any atom is -0.496 e. The number of methoxy groups -OCH3 is 3. The number of hydrogen-bond acceptors (Lipinski definition) is 5. The third kappa shape index (κ3) is 4.43. The fraction of sp³-hybridized carbons (Fsp3) is 0.250. The van der Waals surface area contributed by atoms with Gasteiger partial charge in [-0.15, -0.1) is 0 Å². The third-order valence-electron chi connectivity index (χ3n) is 4.36. The largest absolute Gasteiger partial charge is 0.496 e. The lowest BCUT2D eigenvalue weighted by Crippen LogP contribution is -2.23. The van der Waals surface area contributed by atoms with E-state index in [-0.39, 0.29) is 18.0 Å². The molecule has 3 aromatic rings. The Morgan fingerprint density at radius 2 is 1.80 bits per heavy atom. The number of ether oxygens (including phenoxy) is 4. The van der Waals surface area contributed by atoms with Gasteiger partial charge in [-0.1, -0.05) is 15.9 Å². The van der Waals surface area contributed by atoms with E-state index in [4.69, 9.17) is 14.2 Å². The van der Waals surface area contributed by atoms with Crippen molar-refractivity contribution in [1.29, 1.82) is 0 Å². The lowest BCUT2D eigenvalue weighted by molar-refractivity contribution is -0.0504. The van der Waals surface area contributed by atoms with Gasteiger partial charge in [-0.3, -0.25) is 4.79 Å². The number of hydrogen-bond donors (Lipinski definition) is 2. The number of carbonyl (C=O) groups excluding carboxylic acids is 1. The van der Waals surface area contributed by atoms with Gasteiger partial charge in [-0.25, -0.2) is 0 Å². The summed E-state index contributed by atoms with van der Waals surface area (Å²) in [7, 11) is 4.49. The zero-order valence-corrected chi connectivity index (χ0v) is 17.9. The second kappa shape index (κ2) is 9.21. The number of halogens is 3. The SMILES string of the molecule is COc1cc(OC)c2cc(C(=O)NCc3cc(Br)ccc3OC(F)F)[nH]c2c1OC. The van der Waals surface area contributed by atoms with Crippen LogP contribution in [-0.4, -0.2) is 38.8 Å². The van der Waals surface area contributed by atoms with E-state index in [9.17, 15) is 13.6 Å². The zero-order valence-electron chi connectivity index (χ0n) is 16.3. The van der Waals surface area contributed by atoms with Gasteiger partial charge in [0.15, 0.2) is 11.5 Å². The predicted molar refractivity (Wildman–Crippen MR) is 110 cm³/mol. The highest BCUT2D eigenvalue weighted by Crippen LogP contribution is 2.41. The average Bonchev–Trinajstić information content (AvgIpc) is 3.17. The maximum Gasteiger partial charge on any atom is 0.387 e. The zero-order chi connectivity index (χ0) is 21.8. The first-order valence-electron chi connectivity index (χ1n) is 8.71. The van der Waals surface area contributed by atoms with E-state index in [1.54, 1.807) is 24.3 Å². The quantitative estimate of drug-likeness (QED) is 0.492. The molecule has 0 aliphatic carbocycles. The summed E-state index contributed by atoms with van der Waals surface area (Å²) < 4.78 is 46.5. The fourth-order valence-corrected chi connectivity index (χ4v) is 3.44.